The van der Waals surface area contributed by atoms with Crippen LogP contribution in [0.4, 0.5) is 11.4 Å². The first-order valence-electron chi connectivity index (χ1n) is 16.9. The van der Waals surface area contributed by atoms with Crippen molar-refractivity contribution in [2.24, 2.45) is 0 Å². The molecule has 0 radical (unpaired) electrons. The van der Waals surface area contributed by atoms with E-state index in [1.165, 1.54) is 55.9 Å². The maximum Gasteiger partial charge on any atom is 0.0655 e. The fourth-order valence-corrected chi connectivity index (χ4v) is 5.85. The van der Waals surface area contributed by atoms with Crippen LogP contribution in [0.5, 0.6) is 0 Å². The lowest BCUT2D eigenvalue weighted by molar-refractivity contribution is 0.886. The van der Waals surface area contributed by atoms with E-state index in [2.05, 4.69) is 181 Å². The lowest BCUT2D eigenvalue weighted by atomic mass is 9.99. The lowest BCUT2D eigenvalue weighted by Crippen LogP contribution is -2.29. The molecule has 2 aromatic carbocycles. The van der Waals surface area contributed by atoms with Gasteiger partial charge in [-0.1, -0.05) is 91.9 Å². The minimum Gasteiger partial charge on any atom is -0.363 e. The molecule has 0 saturated heterocycles. The van der Waals surface area contributed by atoms with Crippen LogP contribution in [0, 0.1) is 0 Å². The minimum atomic E-state index is 0.0456. The molecule has 1 unspecified atom stereocenters. The Hall–Kier alpha value is -4.63. The van der Waals surface area contributed by atoms with E-state index < -0.39 is 0 Å². The number of rotatable bonds is 15. The van der Waals surface area contributed by atoms with Crippen LogP contribution in [0.3, 0.4) is 0 Å². The number of likely N-dealkylation sites (N-methyl/N-ethyl adjacent to an activating group) is 1. The second kappa shape index (κ2) is 18.5. The number of hydrogen-bond acceptors (Lipinski definition) is 3. The Morgan fingerprint density at radius 1 is 0.830 bits per heavy atom. The standard InChI is InChI=1S/C44H55N3/c1-11-17-40(15-5)33(7)34(8)46(9)42-26-23-38(24-27-42)31-37-20-18-36(19-21-37)30-35(12-2)22-25-41(16-6)47(10)44-32-45-29-28-43(44)39(13-3)14-4/h11-13,15-29,32,41H,6,14,30-31H2,1-5,7-10H3/b17-11-,25-22-,34-33-,35-12+,39-13+,40-15+. The SMILES string of the molecule is C=CC(/C=C\C(=C/C)Cc1ccc(Cc2ccc(N(C)\C(C)=C(C)/C(/C=C\C)=C/C)cc2)cc1)N(C)c1cnccc1/C(=C/C)CC. The van der Waals surface area contributed by atoms with E-state index in [-0.39, 0.29) is 6.04 Å². The van der Waals surface area contributed by atoms with E-state index in [1.54, 1.807) is 0 Å². The number of aromatic nitrogens is 1. The highest BCUT2D eigenvalue weighted by Crippen LogP contribution is 2.29. The van der Waals surface area contributed by atoms with E-state index >= 15 is 0 Å². The number of allylic oxidation sites excluding steroid dienone is 11. The molecule has 0 fully saturated rings. The summed E-state index contributed by atoms with van der Waals surface area (Å²) in [5.41, 5.74) is 13.9. The van der Waals surface area contributed by atoms with Gasteiger partial charge >= 0.3 is 0 Å². The average molecular weight is 626 g/mol. The molecular formula is C44H55N3. The van der Waals surface area contributed by atoms with Gasteiger partial charge in [0, 0.05) is 37.2 Å². The fourth-order valence-electron chi connectivity index (χ4n) is 5.85. The predicted octanol–water partition coefficient (Wildman–Crippen LogP) is 11.5. The molecule has 0 saturated carbocycles. The topological polar surface area (TPSA) is 19.4 Å². The van der Waals surface area contributed by atoms with E-state index in [0.29, 0.717) is 0 Å². The highest BCUT2D eigenvalue weighted by atomic mass is 15.1. The molecule has 1 heterocycles. The Labute approximate surface area is 285 Å². The largest absolute Gasteiger partial charge is 0.363 e. The van der Waals surface area contributed by atoms with Crippen molar-refractivity contribution in [1.29, 1.82) is 0 Å². The molecule has 47 heavy (non-hydrogen) atoms. The zero-order valence-electron chi connectivity index (χ0n) is 30.2. The van der Waals surface area contributed by atoms with Crippen LogP contribution >= 0.6 is 0 Å². The van der Waals surface area contributed by atoms with Crippen molar-refractivity contribution in [3.63, 3.8) is 0 Å². The van der Waals surface area contributed by atoms with E-state index in [0.717, 1.165) is 24.9 Å². The van der Waals surface area contributed by atoms with Crippen molar-refractivity contribution < 1.29 is 0 Å². The molecule has 0 bridgehead atoms. The highest BCUT2D eigenvalue weighted by molar-refractivity contribution is 5.76. The fraction of sp³-hybridized carbons (Fsp3) is 0.295. The highest BCUT2D eigenvalue weighted by Gasteiger charge is 2.15. The normalized spacial score (nSPS) is 14.0. The number of anilines is 2. The summed E-state index contributed by atoms with van der Waals surface area (Å²) in [4.78, 5) is 8.95. The van der Waals surface area contributed by atoms with Gasteiger partial charge in [-0.2, -0.15) is 0 Å². The van der Waals surface area contributed by atoms with Gasteiger partial charge < -0.3 is 9.80 Å². The zero-order chi connectivity index (χ0) is 34.3. The Morgan fingerprint density at radius 2 is 1.47 bits per heavy atom. The molecule has 0 amide bonds. The Bertz CT molecular complexity index is 1640. The number of pyridine rings is 1. The number of benzene rings is 2. The molecule has 0 N–H and O–H groups in total. The van der Waals surface area contributed by atoms with Gasteiger partial charge in [0.05, 0.1) is 17.9 Å². The van der Waals surface area contributed by atoms with Gasteiger partial charge in [0.2, 0.25) is 0 Å². The predicted molar refractivity (Wildman–Crippen MR) is 208 cm³/mol. The summed E-state index contributed by atoms with van der Waals surface area (Å²) in [7, 11) is 4.26. The first-order chi connectivity index (χ1) is 22.7. The average Bonchev–Trinajstić information content (AvgIpc) is 3.11. The third-order valence-electron chi connectivity index (χ3n) is 9.12. The lowest BCUT2D eigenvalue weighted by Gasteiger charge is -2.28. The van der Waals surface area contributed by atoms with Gasteiger partial charge in [0.15, 0.2) is 0 Å². The molecule has 3 nitrogen and oxygen atoms in total. The van der Waals surface area contributed by atoms with Gasteiger partial charge in [-0.05, 0) is 118 Å². The van der Waals surface area contributed by atoms with Crippen molar-refractivity contribution in [3.8, 4) is 0 Å². The van der Waals surface area contributed by atoms with Crippen LogP contribution in [-0.4, -0.2) is 25.1 Å². The maximum absolute atomic E-state index is 4.42. The van der Waals surface area contributed by atoms with Crippen LogP contribution in [0.1, 0.15) is 77.1 Å². The summed E-state index contributed by atoms with van der Waals surface area (Å²) in [5.74, 6) is 0. The van der Waals surface area contributed by atoms with Crippen molar-refractivity contribution >= 4 is 16.9 Å². The van der Waals surface area contributed by atoms with Crippen molar-refractivity contribution in [2.75, 3.05) is 23.9 Å². The second-order valence-electron chi connectivity index (χ2n) is 12.0. The van der Waals surface area contributed by atoms with Gasteiger partial charge in [0.1, 0.15) is 0 Å². The first kappa shape index (κ1) is 36.8. The summed E-state index contributed by atoms with van der Waals surface area (Å²) in [6.07, 6.45) is 23.9. The molecule has 3 heteroatoms. The van der Waals surface area contributed by atoms with Crippen molar-refractivity contribution in [3.05, 3.63) is 167 Å². The quantitative estimate of drug-likeness (QED) is 0.124. The molecule has 246 valence electrons. The van der Waals surface area contributed by atoms with Crippen LogP contribution in [0.2, 0.25) is 0 Å². The van der Waals surface area contributed by atoms with E-state index in [9.17, 15) is 0 Å². The van der Waals surface area contributed by atoms with Crippen LogP contribution in [-0.2, 0) is 12.8 Å². The molecule has 3 rings (SSSR count). The minimum absolute atomic E-state index is 0.0456. The smallest absolute Gasteiger partial charge is 0.0655 e. The molecule has 0 aliphatic rings. The summed E-state index contributed by atoms with van der Waals surface area (Å²) >= 11 is 0. The zero-order valence-corrected chi connectivity index (χ0v) is 30.2. The molecule has 3 aromatic rings. The summed E-state index contributed by atoms with van der Waals surface area (Å²) in [6, 6.07) is 20.1. The third-order valence-corrected chi connectivity index (χ3v) is 9.12. The van der Waals surface area contributed by atoms with E-state index in [4.69, 9.17) is 0 Å². The van der Waals surface area contributed by atoms with Crippen molar-refractivity contribution in [1.82, 2.24) is 4.98 Å². The maximum atomic E-state index is 4.42. The van der Waals surface area contributed by atoms with Gasteiger partial charge in [-0.25, -0.2) is 0 Å². The number of hydrogen-bond donors (Lipinski definition) is 0. The van der Waals surface area contributed by atoms with Gasteiger partial charge in [-0.3, -0.25) is 4.98 Å². The van der Waals surface area contributed by atoms with E-state index in [1.807, 2.05) is 18.5 Å². The number of nitrogens with zero attached hydrogens (tertiary/aromatic N) is 3. The summed E-state index contributed by atoms with van der Waals surface area (Å²) in [6.45, 7) is 19.1. The molecule has 0 aliphatic heterocycles. The molecule has 1 aromatic heterocycles. The molecule has 0 spiro atoms. The summed E-state index contributed by atoms with van der Waals surface area (Å²) < 4.78 is 0. The molecular weight excluding hydrogens is 571 g/mol. The monoisotopic (exact) mass is 625 g/mol. The van der Waals surface area contributed by atoms with Crippen LogP contribution in [0.15, 0.2) is 145 Å². The Morgan fingerprint density at radius 3 is 2.02 bits per heavy atom. The van der Waals surface area contributed by atoms with Crippen LogP contribution in [0.25, 0.3) is 5.57 Å². The summed E-state index contributed by atoms with van der Waals surface area (Å²) in [5, 5.41) is 0. The second-order valence-corrected chi connectivity index (χ2v) is 12.0. The van der Waals surface area contributed by atoms with Crippen molar-refractivity contribution in [2.45, 2.75) is 73.8 Å². The van der Waals surface area contributed by atoms with Gasteiger partial charge in [0.25, 0.3) is 0 Å². The Balaban J connectivity index is 1.66. The molecule has 0 aliphatic carbocycles. The van der Waals surface area contributed by atoms with Gasteiger partial charge in [-0.15, -0.1) is 6.58 Å². The first-order valence-corrected chi connectivity index (χ1v) is 16.9. The third kappa shape index (κ3) is 9.93. The Kier molecular flexibility index (Phi) is 14.5. The van der Waals surface area contributed by atoms with Crippen LogP contribution < -0.4 is 9.80 Å². The molecule has 1 atom stereocenters.